The van der Waals surface area contributed by atoms with E-state index < -0.39 is 103 Å². The molecule has 2 N–H and O–H groups in total. The Labute approximate surface area is 314 Å². The van der Waals surface area contributed by atoms with Crippen LogP contribution in [0.5, 0.6) is 0 Å². The first-order chi connectivity index (χ1) is 25.1. The SMILES string of the molecule is Cc1ccc(S(=O)(=O)OCC(=O)C(OS(=O)(=O)c2ccc(C)cc2)C(OS(=O)(=O)c2ccc(C)cc2)C(OS(=O)(=O)c2ccc(C)cc2)C(O)CO)cc1. The third-order valence-corrected chi connectivity index (χ3v) is 13.0. The van der Waals surface area contributed by atoms with Gasteiger partial charge in [0.1, 0.15) is 24.9 Å². The van der Waals surface area contributed by atoms with Crippen molar-refractivity contribution in [3.63, 3.8) is 0 Å². The minimum Gasteiger partial charge on any atom is -0.394 e. The Kier molecular flexibility index (Phi) is 13.7. The Balaban J connectivity index is 1.90. The molecule has 54 heavy (non-hydrogen) atoms. The number of carbonyl (C=O) groups is 1. The topological polar surface area (TPSA) is 231 Å². The maximum atomic E-state index is 14.0. The van der Waals surface area contributed by atoms with Crippen LogP contribution >= 0.6 is 0 Å². The van der Waals surface area contributed by atoms with Gasteiger partial charge in [0, 0.05) is 0 Å². The molecule has 0 saturated heterocycles. The van der Waals surface area contributed by atoms with Gasteiger partial charge in [0.25, 0.3) is 40.5 Å². The molecule has 0 aromatic heterocycles. The van der Waals surface area contributed by atoms with Crippen molar-refractivity contribution in [2.75, 3.05) is 13.2 Å². The summed E-state index contributed by atoms with van der Waals surface area (Å²) >= 11 is 0. The lowest BCUT2D eigenvalue weighted by Gasteiger charge is -2.33. The molecule has 292 valence electrons. The predicted molar refractivity (Wildman–Crippen MR) is 192 cm³/mol. The number of aliphatic hydroxyl groups is 2. The van der Waals surface area contributed by atoms with Crippen LogP contribution in [0.2, 0.25) is 0 Å². The summed E-state index contributed by atoms with van der Waals surface area (Å²) < 4.78 is 129. The molecule has 4 atom stereocenters. The van der Waals surface area contributed by atoms with Crippen LogP contribution in [0.3, 0.4) is 0 Å². The second-order valence-electron chi connectivity index (χ2n) is 12.2. The summed E-state index contributed by atoms with van der Waals surface area (Å²) in [7, 11) is -20.0. The Morgan fingerprint density at radius 1 is 0.500 bits per heavy atom. The molecular weight excluding hydrogens is 789 g/mol. The second kappa shape index (κ2) is 17.3. The van der Waals surface area contributed by atoms with E-state index in [1.54, 1.807) is 27.7 Å². The fraction of sp³-hybridized carbons (Fsp3) is 0.286. The Hall–Kier alpha value is -3.89. The molecule has 15 nitrogen and oxygen atoms in total. The first-order valence-electron chi connectivity index (χ1n) is 15.9. The van der Waals surface area contributed by atoms with Crippen LogP contribution < -0.4 is 0 Å². The van der Waals surface area contributed by atoms with Gasteiger partial charge in [-0.1, -0.05) is 70.8 Å². The highest BCUT2D eigenvalue weighted by molar-refractivity contribution is 7.87. The van der Waals surface area contributed by atoms with Gasteiger partial charge in [-0.2, -0.15) is 33.7 Å². The molecule has 0 radical (unpaired) electrons. The van der Waals surface area contributed by atoms with Crippen LogP contribution in [0, 0.1) is 27.7 Å². The summed E-state index contributed by atoms with van der Waals surface area (Å²) in [6.07, 6.45) is -10.6. The maximum absolute atomic E-state index is 14.0. The normalized spacial score (nSPS) is 14.9. The number of benzene rings is 4. The Morgan fingerprint density at radius 3 is 1.13 bits per heavy atom. The average Bonchev–Trinajstić information content (AvgIpc) is 3.11. The molecule has 0 aliphatic heterocycles. The molecular formula is C35H38O15S4. The minimum atomic E-state index is -5.14. The predicted octanol–water partition coefficient (Wildman–Crippen LogP) is 2.87. The van der Waals surface area contributed by atoms with E-state index in [-0.39, 0.29) is 0 Å². The smallest absolute Gasteiger partial charge is 0.297 e. The van der Waals surface area contributed by atoms with Gasteiger partial charge in [-0.3, -0.25) is 21.5 Å². The molecule has 4 unspecified atom stereocenters. The van der Waals surface area contributed by atoms with E-state index in [9.17, 15) is 48.7 Å². The van der Waals surface area contributed by atoms with Crippen LogP contribution in [-0.2, 0) is 62.0 Å². The summed E-state index contributed by atoms with van der Waals surface area (Å²) in [5, 5.41) is 21.0. The molecule has 4 aromatic rings. The van der Waals surface area contributed by atoms with E-state index in [1.807, 2.05) is 0 Å². The monoisotopic (exact) mass is 826 g/mol. The number of carbonyl (C=O) groups excluding carboxylic acids is 1. The van der Waals surface area contributed by atoms with Gasteiger partial charge in [-0.15, -0.1) is 0 Å². The zero-order valence-corrected chi connectivity index (χ0v) is 32.6. The van der Waals surface area contributed by atoms with E-state index in [1.165, 1.54) is 60.7 Å². The van der Waals surface area contributed by atoms with Crippen molar-refractivity contribution in [1.82, 2.24) is 0 Å². The molecule has 0 spiro atoms. The van der Waals surface area contributed by atoms with Crippen molar-refractivity contribution >= 4 is 46.3 Å². The van der Waals surface area contributed by atoms with E-state index in [4.69, 9.17) is 16.7 Å². The number of rotatable bonds is 18. The molecule has 0 aliphatic rings. The fourth-order valence-corrected chi connectivity index (χ4v) is 8.85. The number of hydrogen-bond donors (Lipinski definition) is 2. The number of Topliss-reactive ketones (excluding diaryl/α,β-unsaturated/α-hetero) is 1. The zero-order valence-electron chi connectivity index (χ0n) is 29.3. The van der Waals surface area contributed by atoms with E-state index in [0.717, 1.165) is 36.4 Å². The highest BCUT2D eigenvalue weighted by atomic mass is 32.2. The molecule has 0 bridgehead atoms. The van der Waals surface area contributed by atoms with Crippen molar-refractivity contribution in [2.24, 2.45) is 0 Å². The first-order valence-corrected chi connectivity index (χ1v) is 21.6. The van der Waals surface area contributed by atoms with Crippen LogP contribution in [-0.4, -0.2) is 87.3 Å². The lowest BCUT2D eigenvalue weighted by atomic mass is 10.0. The highest BCUT2D eigenvalue weighted by Crippen LogP contribution is 2.29. The summed E-state index contributed by atoms with van der Waals surface area (Å²) in [4.78, 5) is 12.0. The van der Waals surface area contributed by atoms with E-state index in [2.05, 4.69) is 0 Å². The van der Waals surface area contributed by atoms with Crippen LogP contribution in [0.15, 0.2) is 117 Å². The average molecular weight is 827 g/mol. The summed E-state index contributed by atoms with van der Waals surface area (Å²) in [5.41, 5.74) is 2.54. The molecule has 4 rings (SSSR count). The van der Waals surface area contributed by atoms with Crippen LogP contribution in [0.4, 0.5) is 0 Å². The van der Waals surface area contributed by atoms with Gasteiger partial charge in [0.2, 0.25) is 0 Å². The lowest BCUT2D eigenvalue weighted by Crippen LogP contribution is -2.55. The highest BCUT2D eigenvalue weighted by Gasteiger charge is 2.48. The summed E-state index contributed by atoms with van der Waals surface area (Å²) in [6, 6.07) is 20.0. The Morgan fingerprint density at radius 2 is 0.796 bits per heavy atom. The molecule has 0 amide bonds. The number of ketones is 1. The second-order valence-corrected chi connectivity index (χ2v) is 18.5. The Bertz CT molecular complexity index is 2360. The largest absolute Gasteiger partial charge is 0.394 e. The number of hydrogen-bond acceptors (Lipinski definition) is 15. The van der Waals surface area contributed by atoms with Gasteiger partial charge in [0.05, 0.1) is 26.2 Å². The van der Waals surface area contributed by atoms with Crippen LogP contribution in [0.1, 0.15) is 22.3 Å². The summed E-state index contributed by atoms with van der Waals surface area (Å²) in [6.45, 7) is 3.76. The maximum Gasteiger partial charge on any atom is 0.297 e. The zero-order chi connectivity index (χ0) is 40.1. The molecule has 0 aliphatic carbocycles. The number of aryl methyl sites for hydroxylation is 4. The third kappa shape index (κ3) is 10.9. The quantitative estimate of drug-likeness (QED) is 0.137. The van der Waals surface area contributed by atoms with Gasteiger partial charge < -0.3 is 10.2 Å². The minimum absolute atomic E-state index is 0.401. The molecule has 19 heteroatoms. The molecule has 0 fully saturated rings. The van der Waals surface area contributed by atoms with Gasteiger partial charge >= 0.3 is 0 Å². The fourth-order valence-electron chi connectivity index (χ4n) is 4.71. The van der Waals surface area contributed by atoms with Crippen molar-refractivity contribution < 1.29 is 65.4 Å². The lowest BCUT2D eigenvalue weighted by molar-refractivity contribution is -0.138. The van der Waals surface area contributed by atoms with Crippen molar-refractivity contribution in [2.45, 2.75) is 71.7 Å². The van der Waals surface area contributed by atoms with Gasteiger partial charge in [-0.25, -0.2) is 0 Å². The van der Waals surface area contributed by atoms with Gasteiger partial charge in [0.15, 0.2) is 11.9 Å². The van der Waals surface area contributed by atoms with Crippen molar-refractivity contribution in [3.8, 4) is 0 Å². The standard InChI is InChI=1S/C35H38O15S4/c1-23-5-13-27(14-6-23)51(39,40)47-22-32(38)34(49-53(43,44)29-17-9-25(3)10-18-29)35(50-54(45,46)30-19-11-26(4)12-20-30)33(31(37)21-36)48-52(41,42)28-15-7-24(2)8-16-28/h5-20,31,33-37H,21-22H2,1-4H3. The van der Waals surface area contributed by atoms with Crippen molar-refractivity contribution in [3.05, 3.63) is 119 Å². The number of aliphatic hydroxyl groups excluding tert-OH is 2. The summed E-state index contributed by atoms with van der Waals surface area (Å²) in [5.74, 6) is -1.61. The first kappa shape index (κ1) is 42.8. The van der Waals surface area contributed by atoms with Crippen LogP contribution in [0.25, 0.3) is 0 Å². The van der Waals surface area contributed by atoms with E-state index in [0.29, 0.717) is 22.3 Å². The molecule has 0 saturated carbocycles. The van der Waals surface area contributed by atoms with Crippen molar-refractivity contribution in [1.29, 1.82) is 0 Å². The third-order valence-electron chi connectivity index (χ3n) is 7.81. The molecule has 4 aromatic carbocycles. The van der Waals surface area contributed by atoms with E-state index >= 15 is 0 Å². The molecule has 0 heterocycles. The van der Waals surface area contributed by atoms with Gasteiger partial charge in [-0.05, 0) is 76.2 Å².